The first-order valence-corrected chi connectivity index (χ1v) is 19.8. The second kappa shape index (κ2) is 13.2. The van der Waals surface area contributed by atoms with Crippen LogP contribution in [0.5, 0.6) is 0 Å². The minimum Gasteiger partial charge on any atom is -0.479 e. The third kappa shape index (κ3) is 6.09. The number of carboxylic acid groups (broad SMARTS) is 1. The molecule has 0 bridgehead atoms. The number of hydrogen-bond acceptors (Lipinski definition) is 10. The van der Waals surface area contributed by atoms with E-state index >= 15 is 0 Å². The maximum absolute atomic E-state index is 13.2. The minimum atomic E-state index is -1.80. The molecule has 6 rings (SSSR count). The number of allylic oxidation sites excluding steroid dienone is 2. The van der Waals surface area contributed by atoms with E-state index in [4.69, 9.17) is 18.9 Å². The van der Waals surface area contributed by atoms with Gasteiger partial charge in [0.2, 0.25) is 0 Å². The zero-order valence-corrected chi connectivity index (χ0v) is 33.4. The van der Waals surface area contributed by atoms with Crippen molar-refractivity contribution in [2.45, 2.75) is 170 Å². The summed E-state index contributed by atoms with van der Waals surface area (Å²) in [5, 5.41) is 23.2. The topological polar surface area (TPSA) is 163 Å². The summed E-state index contributed by atoms with van der Waals surface area (Å²) in [6, 6.07) is 0. The number of ketones is 1. The lowest BCUT2D eigenvalue weighted by atomic mass is 9.33. The molecule has 1 aliphatic heterocycles. The molecule has 5 aliphatic carbocycles. The van der Waals surface area contributed by atoms with Gasteiger partial charge in [-0.25, -0.2) is 4.79 Å². The molecule has 6 aliphatic rings. The quantitative estimate of drug-likeness (QED) is 0.177. The molecule has 0 aromatic heterocycles. The summed E-state index contributed by atoms with van der Waals surface area (Å²) < 4.78 is 23.0. The van der Waals surface area contributed by atoms with Crippen LogP contribution < -0.4 is 0 Å². The molecule has 0 radical (unpaired) electrons. The van der Waals surface area contributed by atoms with Crippen LogP contribution in [0.1, 0.15) is 133 Å². The van der Waals surface area contributed by atoms with E-state index in [1.807, 2.05) is 0 Å². The van der Waals surface area contributed by atoms with Crippen LogP contribution in [0.2, 0.25) is 0 Å². The summed E-state index contributed by atoms with van der Waals surface area (Å²) in [6.07, 6.45) is 1.41. The molecule has 296 valence electrons. The van der Waals surface area contributed by atoms with Crippen molar-refractivity contribution in [3.63, 3.8) is 0 Å². The highest BCUT2D eigenvalue weighted by Gasteiger charge is 2.70. The minimum absolute atomic E-state index is 0.0125. The highest BCUT2D eigenvalue weighted by molar-refractivity contribution is 5.85. The van der Waals surface area contributed by atoms with E-state index in [9.17, 15) is 34.2 Å². The first-order valence-electron chi connectivity index (χ1n) is 19.8. The Morgan fingerprint density at radius 2 is 1.38 bits per heavy atom. The van der Waals surface area contributed by atoms with Crippen LogP contribution in [-0.4, -0.2) is 76.5 Å². The van der Waals surface area contributed by atoms with E-state index in [1.54, 1.807) is 0 Å². The molecule has 53 heavy (non-hydrogen) atoms. The van der Waals surface area contributed by atoms with Crippen LogP contribution in [0.3, 0.4) is 0 Å². The van der Waals surface area contributed by atoms with Gasteiger partial charge in [-0.15, -0.1) is 0 Å². The SMILES string of the molecule is CC(=O)OC1[C@H](C(O)[C@]23CCC(C)(C)CC2C2=CCC4[C@@]5(C)CCC(=O)C(C)(C)C5CC[C@@]4(C)[C@]2(C)CC3)OC(C(=O)O)[C@@H](OC(C)=O)[C@@H]1OC(C)=O. The summed E-state index contributed by atoms with van der Waals surface area (Å²) in [6.45, 7) is 19.6. The van der Waals surface area contributed by atoms with Gasteiger partial charge in [-0.1, -0.05) is 60.1 Å². The van der Waals surface area contributed by atoms with E-state index in [-0.39, 0.29) is 33.0 Å². The fourth-order valence-corrected chi connectivity index (χ4v) is 13.2. The Labute approximate surface area is 314 Å². The first kappa shape index (κ1) is 39.9. The summed E-state index contributed by atoms with van der Waals surface area (Å²) in [7, 11) is 0. The maximum atomic E-state index is 13.2. The van der Waals surface area contributed by atoms with Crippen molar-refractivity contribution >= 4 is 29.7 Å². The van der Waals surface area contributed by atoms with Crippen molar-refractivity contribution in [1.82, 2.24) is 0 Å². The standard InChI is InChI=1S/C42H62O11/c1-22(43)50-30-31(51-23(2)44)33(53-34(36(48)49)32(30)52-24(3)45)35(47)42-19-17-37(4,5)21-26(42)25-11-12-28-39(8)15-14-29(46)38(6,7)27(39)13-16-41(28,10)40(25,9)18-20-42/h11,26-28,30-35,47H,12-21H2,1-10H3,(H,48,49)/t26?,27?,28?,30-,31?,32+,33-,34?,35?,39+,40-,41-,42+/m1/s1. The number of fused-ring (bicyclic) bond motifs is 7. The van der Waals surface area contributed by atoms with Gasteiger partial charge >= 0.3 is 23.9 Å². The van der Waals surface area contributed by atoms with Crippen molar-refractivity contribution in [1.29, 1.82) is 0 Å². The van der Waals surface area contributed by atoms with Gasteiger partial charge in [0.15, 0.2) is 24.4 Å². The van der Waals surface area contributed by atoms with E-state index in [0.717, 1.165) is 58.8 Å². The van der Waals surface area contributed by atoms with Crippen LogP contribution in [0.25, 0.3) is 0 Å². The first-order chi connectivity index (χ1) is 24.4. The molecular formula is C42H62O11. The second-order valence-electron chi connectivity index (χ2n) is 19.6. The van der Waals surface area contributed by atoms with Gasteiger partial charge in [0.05, 0.1) is 6.10 Å². The Hall–Kier alpha value is -2.79. The van der Waals surface area contributed by atoms with Gasteiger partial charge in [-0.05, 0) is 97.2 Å². The zero-order valence-electron chi connectivity index (χ0n) is 33.4. The Balaban J connectivity index is 1.44. The fourth-order valence-electron chi connectivity index (χ4n) is 13.2. The molecule has 0 aromatic rings. The summed E-state index contributed by atoms with van der Waals surface area (Å²) in [5.41, 5.74) is -0.0660. The van der Waals surface area contributed by atoms with Gasteiger partial charge in [0, 0.05) is 38.0 Å². The lowest BCUT2D eigenvalue weighted by Gasteiger charge is -2.71. The predicted molar refractivity (Wildman–Crippen MR) is 193 cm³/mol. The van der Waals surface area contributed by atoms with E-state index in [1.165, 1.54) is 12.5 Å². The third-order valence-corrected chi connectivity index (χ3v) is 16.1. The summed E-state index contributed by atoms with van der Waals surface area (Å²) in [5.74, 6) is -2.84. The predicted octanol–water partition coefficient (Wildman–Crippen LogP) is 6.37. The van der Waals surface area contributed by atoms with Crippen molar-refractivity contribution in [3.8, 4) is 0 Å². The van der Waals surface area contributed by atoms with Crippen molar-refractivity contribution in [2.75, 3.05) is 0 Å². The average molecular weight is 743 g/mol. The van der Waals surface area contributed by atoms with Gasteiger partial charge < -0.3 is 29.2 Å². The number of aliphatic hydroxyl groups excluding tert-OH is 1. The molecule has 0 aromatic carbocycles. The number of rotatable bonds is 6. The number of esters is 3. The highest BCUT2D eigenvalue weighted by Crippen LogP contribution is 2.76. The van der Waals surface area contributed by atoms with Crippen molar-refractivity contribution < 1.29 is 53.1 Å². The smallest absolute Gasteiger partial charge is 0.336 e. The molecule has 11 heteroatoms. The van der Waals surface area contributed by atoms with Gasteiger partial charge in [-0.2, -0.15) is 0 Å². The average Bonchev–Trinajstić information content (AvgIpc) is 3.03. The Kier molecular flexibility index (Phi) is 9.91. The Bertz CT molecular complexity index is 1580. The molecule has 5 fully saturated rings. The normalized spacial score (nSPS) is 44.7. The van der Waals surface area contributed by atoms with Gasteiger partial charge in [0.25, 0.3) is 0 Å². The van der Waals surface area contributed by atoms with Gasteiger partial charge in [-0.3, -0.25) is 19.2 Å². The van der Waals surface area contributed by atoms with Crippen LogP contribution in [0, 0.1) is 50.2 Å². The molecule has 1 heterocycles. The largest absolute Gasteiger partial charge is 0.479 e. The number of carbonyl (C=O) groups excluding carboxylic acids is 4. The highest BCUT2D eigenvalue weighted by atomic mass is 16.7. The number of hydrogen-bond donors (Lipinski definition) is 2. The van der Waals surface area contributed by atoms with E-state index < -0.39 is 65.9 Å². The second-order valence-corrected chi connectivity index (χ2v) is 19.6. The Morgan fingerprint density at radius 3 is 1.98 bits per heavy atom. The molecule has 13 atom stereocenters. The molecule has 4 saturated carbocycles. The van der Waals surface area contributed by atoms with Gasteiger partial charge in [0.1, 0.15) is 11.9 Å². The lowest BCUT2D eigenvalue weighted by Crippen LogP contribution is -2.69. The maximum Gasteiger partial charge on any atom is 0.336 e. The van der Waals surface area contributed by atoms with E-state index in [0.29, 0.717) is 36.9 Å². The van der Waals surface area contributed by atoms with Crippen LogP contribution in [0.15, 0.2) is 11.6 Å². The number of aliphatic carboxylic acids is 1. The number of ether oxygens (including phenoxy) is 4. The van der Waals surface area contributed by atoms with Crippen molar-refractivity contribution in [3.05, 3.63) is 11.6 Å². The molecule has 0 spiro atoms. The zero-order chi connectivity index (χ0) is 39.3. The summed E-state index contributed by atoms with van der Waals surface area (Å²) in [4.78, 5) is 63.2. The van der Waals surface area contributed by atoms with Crippen LogP contribution in [0.4, 0.5) is 0 Å². The lowest BCUT2D eigenvalue weighted by molar-refractivity contribution is -0.277. The summed E-state index contributed by atoms with van der Waals surface area (Å²) >= 11 is 0. The third-order valence-electron chi connectivity index (χ3n) is 16.1. The fraction of sp³-hybridized carbons (Fsp3) is 0.833. The molecule has 0 amide bonds. The van der Waals surface area contributed by atoms with Crippen molar-refractivity contribution in [2.24, 2.45) is 50.2 Å². The van der Waals surface area contributed by atoms with Crippen LogP contribution in [-0.2, 0) is 42.9 Å². The molecule has 2 N–H and O–H groups in total. The number of Topliss-reactive ketones (excluding diaryl/α,β-unsaturated/α-hetero) is 1. The number of carbonyl (C=O) groups is 5. The molecular weight excluding hydrogens is 680 g/mol. The number of carboxylic acids is 1. The number of aliphatic hydroxyl groups is 1. The monoisotopic (exact) mass is 742 g/mol. The molecule has 1 saturated heterocycles. The van der Waals surface area contributed by atoms with Crippen LogP contribution >= 0.6 is 0 Å². The Morgan fingerprint density at radius 1 is 0.792 bits per heavy atom. The van der Waals surface area contributed by atoms with E-state index in [2.05, 4.69) is 54.5 Å². The molecule has 6 unspecified atom stereocenters. The molecule has 11 nitrogen and oxygen atoms in total.